The summed E-state index contributed by atoms with van der Waals surface area (Å²) in [4.78, 5) is 4.32. The molecule has 2 aromatic carbocycles. The zero-order valence-corrected chi connectivity index (χ0v) is 27.2. The number of hydrogen-bond donors (Lipinski definition) is 0. The Hall–Kier alpha value is -1.46. The molecule has 0 aliphatic carbocycles. The molecule has 0 unspecified atom stereocenters. The van der Waals surface area contributed by atoms with Crippen molar-refractivity contribution in [3.8, 4) is 0 Å². The van der Waals surface area contributed by atoms with Crippen molar-refractivity contribution in [1.82, 2.24) is 0 Å². The maximum Gasteiger partial charge on any atom is 2.00 e. The van der Waals surface area contributed by atoms with Gasteiger partial charge in [-0.05, 0) is 24.3 Å². The third-order valence-corrected chi connectivity index (χ3v) is 7.77. The van der Waals surface area contributed by atoms with Crippen molar-refractivity contribution in [2.75, 3.05) is 11.5 Å². The summed E-state index contributed by atoms with van der Waals surface area (Å²) in [5.74, 6) is -0.582. The van der Waals surface area contributed by atoms with E-state index >= 15 is 0 Å². The third-order valence-electron chi connectivity index (χ3n) is 4.22. The molecule has 0 aliphatic heterocycles. The fraction of sp³-hybridized carbons (Fsp3) is 0.333. The summed E-state index contributed by atoms with van der Waals surface area (Å²) in [6.07, 6.45) is -9.23. The second-order valence-corrected chi connectivity index (χ2v) is 10.9. The van der Waals surface area contributed by atoms with E-state index in [-0.39, 0.29) is 80.6 Å². The van der Waals surface area contributed by atoms with E-state index in [2.05, 4.69) is 9.95 Å². The van der Waals surface area contributed by atoms with Crippen LogP contribution in [0.4, 0.5) is 37.7 Å². The largest absolute Gasteiger partial charge is 2.00 e. The molecule has 0 atom stereocenters. The van der Waals surface area contributed by atoms with Gasteiger partial charge in [-0.1, -0.05) is 13.8 Å². The molecule has 8 nitrogen and oxygen atoms in total. The second kappa shape index (κ2) is 18.1. The van der Waals surface area contributed by atoms with Crippen molar-refractivity contribution in [3.63, 3.8) is 0 Å². The summed E-state index contributed by atoms with van der Waals surface area (Å²) in [6, 6.07) is 3.83. The van der Waals surface area contributed by atoms with E-state index < -0.39 is 64.3 Å². The van der Waals surface area contributed by atoms with Crippen LogP contribution in [0, 0.1) is 10.8 Å². The van der Waals surface area contributed by atoms with Gasteiger partial charge in [0.05, 0.1) is 22.6 Å². The Labute approximate surface area is 257 Å². The minimum absolute atomic E-state index is 0. The summed E-state index contributed by atoms with van der Waals surface area (Å²) in [5, 5.41) is 17.1. The minimum atomic E-state index is -4.62. The van der Waals surface area contributed by atoms with Crippen molar-refractivity contribution in [2.45, 2.75) is 36.0 Å². The molecule has 2 rings (SSSR count). The van der Waals surface area contributed by atoms with Crippen LogP contribution in [-0.2, 0) is 51.5 Å². The monoisotopic (exact) mass is 734 g/mol. The predicted octanol–water partition coefficient (Wildman–Crippen LogP) is -6.02. The van der Waals surface area contributed by atoms with Gasteiger partial charge in [-0.2, -0.15) is 26.3 Å². The third kappa shape index (κ3) is 12.7. The molecule has 0 amide bonds. The molecule has 39 heavy (non-hydrogen) atoms. The average molecular weight is 738 g/mol. The minimum Gasteiger partial charge on any atom is -1.00 e. The molecule has 0 N–H and O–H groups in total. The number of alkyl halides is 6. The van der Waals surface area contributed by atoms with Crippen molar-refractivity contribution in [1.29, 1.82) is 10.8 Å². The Balaban J connectivity index is -0.000000175. The van der Waals surface area contributed by atoms with Gasteiger partial charge in [0, 0.05) is 12.1 Å². The van der Waals surface area contributed by atoms with Crippen molar-refractivity contribution < 1.29 is 112 Å². The Morgan fingerprint density at radius 2 is 0.897 bits per heavy atom. The molecule has 0 radical (unpaired) electrons. The van der Waals surface area contributed by atoms with Crippen LogP contribution in [0.5, 0.6) is 0 Å². The van der Waals surface area contributed by atoms with Crippen molar-refractivity contribution in [2.24, 2.45) is 0 Å². The molecular weight excluding hydrogens is 722 g/mol. The molecule has 0 bridgehead atoms. The molecule has 0 saturated carbocycles. The molecule has 0 aliphatic rings. The van der Waals surface area contributed by atoms with E-state index in [9.17, 15) is 43.2 Å². The van der Waals surface area contributed by atoms with Gasteiger partial charge in [0.15, 0.2) is 39.4 Å². The number of hydrogen-bond acceptors (Lipinski definition) is 6. The number of sulfone groups is 2. The van der Waals surface area contributed by atoms with Crippen LogP contribution >= 0.6 is 0 Å². The molecule has 0 spiro atoms. The Kier molecular flexibility index (Phi) is 21.9. The first-order valence-corrected chi connectivity index (χ1v) is 12.3. The van der Waals surface area contributed by atoms with Crippen LogP contribution in [0.3, 0.4) is 0 Å². The van der Waals surface area contributed by atoms with Crippen LogP contribution in [0.25, 0.3) is 9.95 Å². The SMILES string of the molecule is CCS(=O)(=O)c1ccc(C(F)(F)F)cc1[N+]#N.CCS(=O)(=O)c1ccc(C(F)(F)F)cc1[N+]#N.[Cl-].[Cl-].[Cl-].[Cl-].[Zn+2]. The first-order valence-electron chi connectivity index (χ1n) is 9.02. The van der Waals surface area contributed by atoms with Gasteiger partial charge in [0.1, 0.15) is 0 Å². The Morgan fingerprint density at radius 3 is 1.08 bits per heavy atom. The number of nitrogens with zero attached hydrogens (tertiary/aromatic N) is 4. The first-order chi connectivity index (χ1) is 15.4. The summed E-state index contributed by atoms with van der Waals surface area (Å²) in [7, 11) is -7.45. The predicted molar refractivity (Wildman–Crippen MR) is 108 cm³/mol. The van der Waals surface area contributed by atoms with Crippen LogP contribution < -0.4 is 49.6 Å². The van der Waals surface area contributed by atoms with Crippen molar-refractivity contribution in [3.05, 3.63) is 57.5 Å². The van der Waals surface area contributed by atoms with E-state index in [4.69, 9.17) is 10.8 Å². The van der Waals surface area contributed by atoms with E-state index in [1.807, 2.05) is 0 Å². The van der Waals surface area contributed by atoms with Gasteiger partial charge in [-0.25, -0.2) is 16.8 Å². The van der Waals surface area contributed by atoms with Gasteiger partial charge in [-0.15, -0.1) is 0 Å². The fourth-order valence-corrected chi connectivity index (χ4v) is 4.39. The molecular formula is C18H16Cl4F6N4O4S2Zn. The van der Waals surface area contributed by atoms with E-state index in [1.165, 1.54) is 13.8 Å². The zero-order valence-electron chi connectivity index (χ0n) is 19.6. The number of diazo groups is 2. The number of rotatable bonds is 4. The van der Waals surface area contributed by atoms with Gasteiger partial charge in [-0.3, -0.25) is 0 Å². The van der Waals surface area contributed by atoms with E-state index in [1.54, 1.807) is 0 Å². The zero-order chi connectivity index (χ0) is 26.5. The number of benzene rings is 2. The van der Waals surface area contributed by atoms with Crippen molar-refractivity contribution >= 4 is 31.0 Å². The summed E-state index contributed by atoms with van der Waals surface area (Å²) < 4.78 is 120. The van der Waals surface area contributed by atoms with Gasteiger partial charge >= 0.3 is 43.2 Å². The molecule has 216 valence electrons. The maximum absolute atomic E-state index is 12.3. The van der Waals surface area contributed by atoms with E-state index in [0.717, 1.165) is 12.1 Å². The Morgan fingerprint density at radius 1 is 0.641 bits per heavy atom. The molecule has 0 saturated heterocycles. The molecule has 0 fully saturated rings. The van der Waals surface area contributed by atoms with Crippen LogP contribution in [0.1, 0.15) is 25.0 Å². The topological polar surface area (TPSA) is 125 Å². The normalized spacial score (nSPS) is 10.6. The maximum atomic E-state index is 12.3. The van der Waals surface area contributed by atoms with Gasteiger partial charge in [0.2, 0.25) is 10.8 Å². The number of halogens is 10. The van der Waals surface area contributed by atoms with Crippen LogP contribution in [0.2, 0.25) is 0 Å². The summed E-state index contributed by atoms with van der Waals surface area (Å²) in [6.45, 7) is 2.68. The van der Waals surface area contributed by atoms with Gasteiger partial charge in [0.25, 0.3) is 0 Å². The van der Waals surface area contributed by atoms with E-state index in [0.29, 0.717) is 24.3 Å². The summed E-state index contributed by atoms with van der Waals surface area (Å²) >= 11 is 0. The first kappa shape index (κ1) is 47.3. The van der Waals surface area contributed by atoms with Crippen LogP contribution in [-0.4, -0.2) is 28.3 Å². The standard InChI is InChI=1S/2C9H8F3N2O2S.4ClH.Zn/c2*1-2-17(15,16)8-4-3-6(9(10,11)12)5-7(8)14-13;;;;;/h2*3-5H,2H2,1H3;4*1H;/q2*+1;;;;;+2/p-4. The average Bonchev–Trinajstić information content (AvgIpc) is 2.77. The second-order valence-electron chi connectivity index (χ2n) is 6.37. The molecule has 2 aromatic rings. The Bertz CT molecular complexity index is 1280. The van der Waals surface area contributed by atoms with Crippen LogP contribution in [0.15, 0.2) is 46.2 Å². The fourth-order valence-electron chi connectivity index (χ4n) is 2.38. The molecule has 21 heteroatoms. The molecule has 0 aromatic heterocycles. The van der Waals surface area contributed by atoms with Gasteiger partial charge < -0.3 is 49.6 Å². The smallest absolute Gasteiger partial charge is 1.00 e. The summed E-state index contributed by atoms with van der Waals surface area (Å²) in [5.41, 5.74) is -3.36. The quantitative estimate of drug-likeness (QED) is 0.175. The molecule has 0 heterocycles.